The minimum atomic E-state index is -0.369. The quantitative estimate of drug-likeness (QED) is 0.856. The second-order valence-electron chi connectivity index (χ2n) is 4.36. The number of nitrogens with two attached hydrogens (primary N) is 1. The molecule has 0 aliphatic carbocycles. The number of hydrogen-bond acceptors (Lipinski definition) is 4. The third kappa shape index (κ3) is 3.50. The fourth-order valence-corrected chi connectivity index (χ4v) is 2.77. The van der Waals surface area contributed by atoms with Crippen molar-refractivity contribution in [2.24, 2.45) is 10.7 Å². The van der Waals surface area contributed by atoms with E-state index in [1.165, 1.54) is 5.56 Å². The Morgan fingerprint density at radius 3 is 2.94 bits per heavy atom. The molecule has 1 heterocycles. The summed E-state index contributed by atoms with van der Waals surface area (Å²) in [5.41, 5.74) is 6.49. The maximum atomic E-state index is 11.0. The first-order valence-electron chi connectivity index (χ1n) is 5.95. The summed E-state index contributed by atoms with van der Waals surface area (Å²) in [6.07, 6.45) is 0.934. The second kappa shape index (κ2) is 5.91. The molecule has 0 saturated heterocycles. The zero-order chi connectivity index (χ0) is 13.0. The van der Waals surface area contributed by atoms with E-state index < -0.39 is 0 Å². The van der Waals surface area contributed by atoms with Crippen LogP contribution < -0.4 is 11.1 Å². The lowest BCUT2D eigenvalue weighted by Gasteiger charge is -2.09. The summed E-state index contributed by atoms with van der Waals surface area (Å²) in [5, 5.41) is 3.85. The van der Waals surface area contributed by atoms with Crippen molar-refractivity contribution in [2.45, 2.75) is 25.4 Å². The van der Waals surface area contributed by atoms with Crippen molar-refractivity contribution >= 4 is 22.8 Å². The minimum absolute atomic E-state index is 0.278. The van der Waals surface area contributed by atoms with Crippen LogP contribution in [-0.2, 0) is 11.2 Å². The highest BCUT2D eigenvalue weighted by molar-refractivity contribution is 8.14. The second-order valence-corrected chi connectivity index (χ2v) is 5.37. The van der Waals surface area contributed by atoms with E-state index >= 15 is 0 Å². The number of nitrogens with one attached hydrogen (secondary N) is 1. The molecule has 3 N–H and O–H groups in total. The van der Waals surface area contributed by atoms with E-state index in [2.05, 4.69) is 22.4 Å². The zero-order valence-corrected chi connectivity index (χ0v) is 11.1. The van der Waals surface area contributed by atoms with Gasteiger partial charge in [-0.1, -0.05) is 42.1 Å². The first-order valence-corrected chi connectivity index (χ1v) is 6.94. The van der Waals surface area contributed by atoms with Gasteiger partial charge in [-0.2, -0.15) is 0 Å². The predicted molar refractivity (Wildman–Crippen MR) is 75.6 cm³/mol. The van der Waals surface area contributed by atoms with E-state index in [4.69, 9.17) is 5.73 Å². The van der Waals surface area contributed by atoms with Crippen molar-refractivity contribution in [1.82, 2.24) is 5.32 Å². The maximum absolute atomic E-state index is 11.0. The monoisotopic (exact) mass is 263 g/mol. The molecule has 2 rings (SSSR count). The van der Waals surface area contributed by atoms with Gasteiger partial charge in [0.1, 0.15) is 6.04 Å². The van der Waals surface area contributed by atoms with Gasteiger partial charge >= 0.3 is 0 Å². The first-order chi connectivity index (χ1) is 8.65. The minimum Gasteiger partial charge on any atom is -0.368 e. The summed E-state index contributed by atoms with van der Waals surface area (Å²) in [7, 11) is 0. The Kier molecular flexibility index (Phi) is 4.25. The molecule has 0 fully saturated rings. The van der Waals surface area contributed by atoms with Crippen LogP contribution in [0.4, 0.5) is 0 Å². The third-order valence-corrected chi connectivity index (χ3v) is 3.84. The third-order valence-electron chi connectivity index (χ3n) is 2.79. The molecule has 1 aromatic rings. The number of aliphatic imine (C=N–C) groups is 1. The number of hydrogen-bond donors (Lipinski definition) is 2. The lowest BCUT2D eigenvalue weighted by atomic mass is 10.1. The summed E-state index contributed by atoms with van der Waals surface area (Å²) >= 11 is 1.65. The van der Waals surface area contributed by atoms with Crippen LogP contribution in [0.25, 0.3) is 0 Å². The van der Waals surface area contributed by atoms with Crippen molar-refractivity contribution in [3.8, 4) is 0 Å². The van der Waals surface area contributed by atoms with Gasteiger partial charge in [0.15, 0.2) is 5.17 Å². The van der Waals surface area contributed by atoms with E-state index in [0.717, 1.165) is 17.3 Å². The normalized spacial score (nSPS) is 20.3. The smallest absolute Gasteiger partial charge is 0.239 e. The van der Waals surface area contributed by atoms with Crippen LogP contribution in [0.2, 0.25) is 0 Å². The lowest BCUT2D eigenvalue weighted by Crippen LogP contribution is -2.40. The Morgan fingerprint density at radius 1 is 1.56 bits per heavy atom. The predicted octanol–water partition coefficient (Wildman–Crippen LogP) is 1.16. The molecule has 1 aromatic carbocycles. The van der Waals surface area contributed by atoms with Crippen LogP contribution in [0.15, 0.2) is 35.3 Å². The van der Waals surface area contributed by atoms with E-state index in [-0.39, 0.29) is 18.0 Å². The van der Waals surface area contributed by atoms with Crippen LogP contribution >= 0.6 is 11.8 Å². The van der Waals surface area contributed by atoms with Crippen molar-refractivity contribution in [2.75, 3.05) is 5.75 Å². The van der Waals surface area contributed by atoms with Crippen molar-refractivity contribution in [1.29, 1.82) is 0 Å². The molecule has 0 aromatic heterocycles. The van der Waals surface area contributed by atoms with Crippen molar-refractivity contribution < 1.29 is 4.79 Å². The number of rotatable bonds is 4. The summed E-state index contributed by atoms with van der Waals surface area (Å²) in [6.45, 7) is 1.75. The van der Waals surface area contributed by atoms with Crippen LogP contribution in [-0.4, -0.2) is 28.9 Å². The molecule has 1 amide bonds. The first kappa shape index (κ1) is 13.0. The molecular formula is C13H17N3OS. The number of amides is 1. The van der Waals surface area contributed by atoms with Gasteiger partial charge in [-0.25, -0.2) is 0 Å². The van der Waals surface area contributed by atoms with Gasteiger partial charge in [0.25, 0.3) is 0 Å². The lowest BCUT2D eigenvalue weighted by molar-refractivity contribution is -0.119. The zero-order valence-electron chi connectivity index (χ0n) is 10.3. The van der Waals surface area contributed by atoms with E-state index in [9.17, 15) is 4.79 Å². The number of carbonyl (C=O) groups excluding carboxylic acids is 1. The van der Waals surface area contributed by atoms with Crippen LogP contribution in [0.1, 0.15) is 12.5 Å². The Bertz CT molecular complexity index is 447. The van der Waals surface area contributed by atoms with Crippen LogP contribution in [0, 0.1) is 0 Å². The van der Waals surface area contributed by atoms with E-state index in [0.29, 0.717) is 0 Å². The average Bonchev–Trinajstić information content (AvgIpc) is 2.77. The highest BCUT2D eigenvalue weighted by atomic mass is 32.2. The number of thioether (sulfide) groups is 1. The Morgan fingerprint density at radius 2 is 2.28 bits per heavy atom. The SMILES string of the molecule is CC(NC1=NC(Cc2ccccc2)CS1)C(N)=O. The Balaban J connectivity index is 1.90. The Labute approximate surface area is 111 Å². The van der Waals surface area contributed by atoms with E-state index in [1.54, 1.807) is 18.7 Å². The fourth-order valence-electron chi connectivity index (χ4n) is 1.74. The fraction of sp³-hybridized carbons (Fsp3) is 0.385. The average molecular weight is 263 g/mol. The van der Waals surface area contributed by atoms with Gasteiger partial charge in [0, 0.05) is 5.75 Å². The molecule has 0 radical (unpaired) electrons. The summed E-state index contributed by atoms with van der Waals surface area (Å²) in [5.74, 6) is 0.590. The number of amidine groups is 1. The maximum Gasteiger partial charge on any atom is 0.239 e. The summed E-state index contributed by atoms with van der Waals surface area (Å²) in [4.78, 5) is 15.5. The highest BCUT2D eigenvalue weighted by Gasteiger charge is 2.20. The molecule has 96 valence electrons. The van der Waals surface area contributed by atoms with Crippen molar-refractivity contribution in [3.05, 3.63) is 35.9 Å². The van der Waals surface area contributed by atoms with Gasteiger partial charge in [-0.3, -0.25) is 9.79 Å². The number of primary amides is 1. The van der Waals surface area contributed by atoms with E-state index in [1.807, 2.05) is 18.2 Å². The topological polar surface area (TPSA) is 67.5 Å². The van der Waals surface area contributed by atoms with Gasteiger partial charge in [0.05, 0.1) is 6.04 Å². The van der Waals surface area contributed by atoms with Gasteiger partial charge in [-0.15, -0.1) is 0 Å². The van der Waals surface area contributed by atoms with Gasteiger partial charge in [-0.05, 0) is 18.9 Å². The van der Waals surface area contributed by atoms with Crippen molar-refractivity contribution in [3.63, 3.8) is 0 Å². The molecule has 4 nitrogen and oxygen atoms in total. The molecular weight excluding hydrogens is 246 g/mol. The molecule has 5 heteroatoms. The standard InChI is InChI=1S/C13H17N3OS/c1-9(12(14)17)15-13-16-11(8-18-13)7-10-5-3-2-4-6-10/h2-6,9,11H,7-8H2,1H3,(H2,14,17)(H,15,16). The molecule has 18 heavy (non-hydrogen) atoms. The van der Waals surface area contributed by atoms with Crippen LogP contribution in [0.3, 0.4) is 0 Å². The molecule has 1 aliphatic rings. The van der Waals surface area contributed by atoms with Gasteiger partial charge < -0.3 is 11.1 Å². The van der Waals surface area contributed by atoms with Gasteiger partial charge in [0.2, 0.25) is 5.91 Å². The Hall–Kier alpha value is -1.49. The summed E-state index contributed by atoms with van der Waals surface area (Å²) in [6, 6.07) is 10.2. The molecule has 2 unspecified atom stereocenters. The highest BCUT2D eigenvalue weighted by Crippen LogP contribution is 2.20. The molecule has 0 spiro atoms. The number of nitrogens with zero attached hydrogens (tertiary/aromatic N) is 1. The number of carbonyl (C=O) groups is 1. The largest absolute Gasteiger partial charge is 0.368 e. The molecule has 1 aliphatic heterocycles. The molecule has 0 bridgehead atoms. The molecule has 2 atom stereocenters. The molecule has 0 saturated carbocycles. The summed E-state index contributed by atoms with van der Waals surface area (Å²) < 4.78 is 0. The number of benzene rings is 1. The van der Waals surface area contributed by atoms with Crippen LogP contribution in [0.5, 0.6) is 0 Å².